The van der Waals surface area contributed by atoms with Crippen molar-refractivity contribution in [1.82, 2.24) is 0 Å². The third kappa shape index (κ3) is 4.50. The zero-order chi connectivity index (χ0) is 19.8. The fourth-order valence-corrected chi connectivity index (χ4v) is 3.82. The predicted octanol–water partition coefficient (Wildman–Crippen LogP) is 4.57. The van der Waals surface area contributed by atoms with Gasteiger partial charge >= 0.3 is 0 Å². The first-order valence-corrected chi connectivity index (χ1v) is 9.71. The van der Waals surface area contributed by atoms with E-state index in [9.17, 15) is 10.2 Å². The van der Waals surface area contributed by atoms with E-state index in [0.717, 1.165) is 22.3 Å². The highest BCUT2D eigenvalue weighted by molar-refractivity contribution is 5.34. The second-order valence-corrected chi connectivity index (χ2v) is 7.17. The molecule has 28 heavy (non-hydrogen) atoms. The summed E-state index contributed by atoms with van der Waals surface area (Å²) in [6.45, 7) is 2.27. The molecule has 3 nitrogen and oxygen atoms in total. The number of hydrogen-bond acceptors (Lipinski definition) is 3. The normalized spacial score (nSPS) is 14.4. The van der Waals surface area contributed by atoms with Crippen LogP contribution in [0.2, 0.25) is 0 Å². The highest BCUT2D eigenvalue weighted by Crippen LogP contribution is 2.43. The Labute approximate surface area is 167 Å². The molecule has 3 aromatic carbocycles. The lowest BCUT2D eigenvalue weighted by atomic mass is 9.75. The third-order valence-electron chi connectivity index (χ3n) is 5.26. The molecule has 3 rings (SSSR count). The van der Waals surface area contributed by atoms with Gasteiger partial charge in [-0.3, -0.25) is 0 Å². The molecule has 0 saturated heterocycles. The van der Waals surface area contributed by atoms with E-state index in [1.807, 2.05) is 85.8 Å². The molecule has 0 heterocycles. The van der Waals surface area contributed by atoms with Gasteiger partial charge < -0.3 is 14.9 Å². The van der Waals surface area contributed by atoms with Crippen LogP contribution in [0.1, 0.15) is 34.6 Å². The SMILES string of the molecule is Cc1cccc(C(CCO)C(CO)(OCc2ccccc2)c2ccccc2)c1. The number of hydrogen-bond donors (Lipinski definition) is 2. The molecule has 0 saturated carbocycles. The van der Waals surface area contributed by atoms with Crippen LogP contribution < -0.4 is 0 Å². The summed E-state index contributed by atoms with van der Waals surface area (Å²) >= 11 is 0. The fourth-order valence-electron chi connectivity index (χ4n) is 3.82. The Morgan fingerprint density at radius 3 is 2.14 bits per heavy atom. The van der Waals surface area contributed by atoms with Gasteiger partial charge in [-0.15, -0.1) is 0 Å². The van der Waals surface area contributed by atoms with Crippen LogP contribution >= 0.6 is 0 Å². The van der Waals surface area contributed by atoms with Crippen LogP contribution in [-0.4, -0.2) is 23.4 Å². The summed E-state index contributed by atoms with van der Waals surface area (Å²) in [5.74, 6) is -0.187. The van der Waals surface area contributed by atoms with Crippen LogP contribution in [-0.2, 0) is 16.9 Å². The Kier molecular flexibility index (Phi) is 6.99. The molecule has 0 spiro atoms. The van der Waals surface area contributed by atoms with E-state index in [2.05, 4.69) is 6.07 Å². The molecule has 0 aliphatic rings. The van der Waals surface area contributed by atoms with Crippen molar-refractivity contribution in [3.8, 4) is 0 Å². The van der Waals surface area contributed by atoms with Crippen LogP contribution in [0.5, 0.6) is 0 Å². The number of aryl methyl sites for hydroxylation is 1. The summed E-state index contributed by atoms with van der Waals surface area (Å²) < 4.78 is 6.50. The van der Waals surface area contributed by atoms with Crippen molar-refractivity contribution < 1.29 is 14.9 Å². The number of ether oxygens (including phenoxy) is 1. The monoisotopic (exact) mass is 376 g/mol. The van der Waals surface area contributed by atoms with Gasteiger partial charge in [0.1, 0.15) is 5.60 Å². The molecule has 2 atom stereocenters. The van der Waals surface area contributed by atoms with Gasteiger partial charge in [0, 0.05) is 12.5 Å². The first kappa shape index (κ1) is 20.3. The van der Waals surface area contributed by atoms with E-state index in [-0.39, 0.29) is 19.1 Å². The number of rotatable bonds is 9. The van der Waals surface area contributed by atoms with Gasteiger partial charge in [-0.05, 0) is 30.0 Å². The zero-order valence-corrected chi connectivity index (χ0v) is 16.3. The Morgan fingerprint density at radius 1 is 0.857 bits per heavy atom. The van der Waals surface area contributed by atoms with E-state index in [0.29, 0.717) is 13.0 Å². The minimum atomic E-state index is -0.951. The molecule has 0 aliphatic heterocycles. The van der Waals surface area contributed by atoms with E-state index < -0.39 is 5.60 Å². The lowest BCUT2D eigenvalue weighted by molar-refractivity contribution is -0.116. The molecule has 0 bridgehead atoms. The highest BCUT2D eigenvalue weighted by atomic mass is 16.5. The van der Waals surface area contributed by atoms with Crippen molar-refractivity contribution in [3.63, 3.8) is 0 Å². The van der Waals surface area contributed by atoms with Gasteiger partial charge in [-0.25, -0.2) is 0 Å². The predicted molar refractivity (Wildman–Crippen MR) is 112 cm³/mol. The van der Waals surface area contributed by atoms with E-state index in [1.165, 1.54) is 0 Å². The van der Waals surface area contributed by atoms with E-state index in [1.54, 1.807) is 0 Å². The summed E-state index contributed by atoms with van der Waals surface area (Å²) in [6.07, 6.45) is 0.494. The maximum Gasteiger partial charge on any atom is 0.123 e. The minimum Gasteiger partial charge on any atom is -0.396 e. The van der Waals surface area contributed by atoms with Crippen molar-refractivity contribution >= 4 is 0 Å². The Morgan fingerprint density at radius 2 is 1.54 bits per heavy atom. The largest absolute Gasteiger partial charge is 0.396 e. The summed E-state index contributed by atoms with van der Waals surface area (Å²) in [6, 6.07) is 28.0. The van der Waals surface area contributed by atoms with Crippen LogP contribution in [0.4, 0.5) is 0 Å². The first-order chi connectivity index (χ1) is 13.7. The smallest absolute Gasteiger partial charge is 0.123 e. The second-order valence-electron chi connectivity index (χ2n) is 7.17. The van der Waals surface area contributed by atoms with Crippen LogP contribution in [0.3, 0.4) is 0 Å². The second kappa shape index (κ2) is 9.65. The Bertz CT molecular complexity index is 848. The average Bonchev–Trinajstić information content (AvgIpc) is 2.75. The van der Waals surface area contributed by atoms with Crippen molar-refractivity contribution in [2.24, 2.45) is 0 Å². The van der Waals surface area contributed by atoms with Gasteiger partial charge in [0.15, 0.2) is 0 Å². The molecule has 0 aromatic heterocycles. The molecule has 0 fully saturated rings. The van der Waals surface area contributed by atoms with Crippen molar-refractivity contribution in [2.75, 3.05) is 13.2 Å². The molecule has 3 aromatic rings. The number of aliphatic hydroxyl groups is 2. The van der Waals surface area contributed by atoms with Crippen LogP contribution in [0, 0.1) is 6.92 Å². The Balaban J connectivity index is 2.06. The first-order valence-electron chi connectivity index (χ1n) is 9.71. The zero-order valence-electron chi connectivity index (χ0n) is 16.3. The molecule has 0 aliphatic carbocycles. The van der Waals surface area contributed by atoms with Crippen molar-refractivity contribution in [1.29, 1.82) is 0 Å². The summed E-state index contributed by atoms with van der Waals surface area (Å²) in [5.41, 5.74) is 3.20. The molecule has 2 unspecified atom stereocenters. The molecule has 0 amide bonds. The van der Waals surface area contributed by atoms with Gasteiger partial charge in [-0.1, -0.05) is 90.5 Å². The number of aliphatic hydroxyl groups excluding tert-OH is 2. The van der Waals surface area contributed by atoms with Crippen molar-refractivity contribution in [2.45, 2.75) is 31.5 Å². The third-order valence-corrected chi connectivity index (χ3v) is 5.26. The fraction of sp³-hybridized carbons (Fsp3) is 0.280. The topological polar surface area (TPSA) is 49.7 Å². The molecule has 0 radical (unpaired) electrons. The summed E-state index contributed by atoms with van der Waals surface area (Å²) in [7, 11) is 0. The maximum atomic E-state index is 10.6. The summed E-state index contributed by atoms with van der Waals surface area (Å²) in [4.78, 5) is 0. The summed E-state index contributed by atoms with van der Waals surface area (Å²) in [5, 5.41) is 20.5. The Hall–Kier alpha value is -2.46. The molecular formula is C25H28O3. The van der Waals surface area contributed by atoms with Crippen molar-refractivity contribution in [3.05, 3.63) is 107 Å². The minimum absolute atomic E-state index is 0.0158. The van der Waals surface area contributed by atoms with Crippen LogP contribution in [0.25, 0.3) is 0 Å². The van der Waals surface area contributed by atoms with Crippen LogP contribution in [0.15, 0.2) is 84.9 Å². The molecule has 2 N–H and O–H groups in total. The number of benzene rings is 3. The van der Waals surface area contributed by atoms with Gasteiger partial charge in [0.05, 0.1) is 13.2 Å². The maximum absolute atomic E-state index is 10.6. The molecular weight excluding hydrogens is 348 g/mol. The van der Waals surface area contributed by atoms with Gasteiger partial charge in [0.25, 0.3) is 0 Å². The standard InChI is InChI=1S/C25H28O3/c1-20-9-8-12-22(17-20)24(15-16-26)25(19-27,23-13-6-3-7-14-23)28-18-21-10-4-2-5-11-21/h2-14,17,24,26-27H,15-16,18-19H2,1H3. The molecule has 3 heteroatoms. The lowest BCUT2D eigenvalue weighted by Gasteiger charge is -2.40. The average molecular weight is 376 g/mol. The molecule has 146 valence electrons. The van der Waals surface area contributed by atoms with Gasteiger partial charge in [0.2, 0.25) is 0 Å². The van der Waals surface area contributed by atoms with Gasteiger partial charge in [-0.2, -0.15) is 0 Å². The lowest BCUT2D eigenvalue weighted by Crippen LogP contribution is -2.41. The quantitative estimate of drug-likeness (QED) is 0.575. The highest BCUT2D eigenvalue weighted by Gasteiger charge is 2.42. The van der Waals surface area contributed by atoms with E-state index in [4.69, 9.17) is 4.74 Å². The van der Waals surface area contributed by atoms with E-state index >= 15 is 0 Å².